The monoisotopic (exact) mass is 610 g/mol. The Balaban J connectivity index is 0.00000278. The second kappa shape index (κ2) is 9.24. The van der Waals surface area contributed by atoms with Crippen LogP contribution in [-0.2, 0) is 29.1 Å². The first-order chi connectivity index (χ1) is 20.6. The molecule has 198 valence electrons. The predicted molar refractivity (Wildman–Crippen MR) is 161 cm³/mol. The quantitative estimate of drug-likeness (QED) is 0.226. The molecule has 2 aromatic carbocycles. The van der Waals surface area contributed by atoms with Crippen LogP contribution in [0.2, 0.25) is 0 Å². The van der Waals surface area contributed by atoms with Crippen molar-refractivity contribution in [2.24, 2.45) is 20.0 Å². The van der Waals surface area contributed by atoms with Gasteiger partial charge >= 0.3 is 19.5 Å². The molecule has 2 aromatic heterocycles. The molecule has 0 unspecified atom stereocenters. The molecule has 5 aliphatic rings. The molecule has 0 saturated heterocycles. The van der Waals surface area contributed by atoms with E-state index in [4.69, 9.17) is 20.0 Å². The van der Waals surface area contributed by atoms with Crippen LogP contribution in [0.15, 0.2) is 110 Å². The molecule has 0 radical (unpaired) electrons. The van der Waals surface area contributed by atoms with Gasteiger partial charge in [-0.2, -0.15) is 0 Å². The van der Waals surface area contributed by atoms with Crippen molar-refractivity contribution in [1.29, 1.82) is 0 Å². The van der Waals surface area contributed by atoms with Crippen molar-refractivity contribution in [3.05, 3.63) is 117 Å². The van der Waals surface area contributed by atoms with Crippen molar-refractivity contribution < 1.29 is 29.1 Å². The topological polar surface area (TPSA) is 139 Å². The van der Waals surface area contributed by atoms with Crippen LogP contribution in [0.1, 0.15) is 16.7 Å². The summed E-state index contributed by atoms with van der Waals surface area (Å²) in [7, 11) is 0. The zero-order valence-electron chi connectivity index (χ0n) is 22.4. The number of fused-ring (bicyclic) bond motifs is 17. The second-order valence-electron chi connectivity index (χ2n) is 10.2. The number of nitrogens with one attached hydrogen (secondary N) is 4. The molecule has 3 aliphatic heterocycles. The number of hydrogen-bond acceptors (Lipinski definition) is 8. The van der Waals surface area contributed by atoms with Gasteiger partial charge in [-0.05, 0) is 36.5 Å². The molecule has 5 heterocycles. The van der Waals surface area contributed by atoms with E-state index in [1.807, 2.05) is 48.5 Å². The Hall–Kier alpha value is -5.54. The minimum absolute atomic E-state index is 0. The number of ketones is 2. The van der Waals surface area contributed by atoms with Gasteiger partial charge in [0.2, 0.25) is 0 Å². The molecule has 11 heteroatoms. The van der Waals surface area contributed by atoms with Crippen molar-refractivity contribution >= 4 is 69.5 Å². The van der Waals surface area contributed by atoms with E-state index in [0.717, 1.165) is 39.1 Å². The molecule has 0 saturated carbocycles. The number of H-pyrrole nitrogens is 2. The van der Waals surface area contributed by atoms with Crippen LogP contribution in [-0.4, -0.2) is 39.0 Å². The number of aliphatic imine (C=N–C) groups is 3. The minimum atomic E-state index is -0.159. The maximum Gasteiger partial charge on any atom is 2.00 e. The summed E-state index contributed by atoms with van der Waals surface area (Å²) in [5.41, 5.74) is 4.23. The van der Waals surface area contributed by atoms with E-state index in [2.05, 4.69) is 20.6 Å². The standard InChI is InChI=1S/C32H18N8O2.Zn/c41-15-9-11-21-23(13-15)32-38-29(21)36-27-18-6-2-1-5-17(18)25(34-27)33-26-19-7-3-4-8-20(19)28(35-26)37-31-24-14-16(42)10-12-22(24)30(39-31)40-32;/h1-14,34,36H,(H,38,40)(H,33,35,37,39);/q;+2. The van der Waals surface area contributed by atoms with Crippen molar-refractivity contribution in [3.8, 4) is 0 Å². The van der Waals surface area contributed by atoms with Gasteiger partial charge in [0.05, 0.1) is 0 Å². The summed E-state index contributed by atoms with van der Waals surface area (Å²) < 4.78 is 0. The minimum Gasteiger partial charge on any atom is -0.327 e. The van der Waals surface area contributed by atoms with E-state index in [1.54, 1.807) is 18.2 Å². The van der Waals surface area contributed by atoms with Crippen LogP contribution < -0.4 is 21.3 Å². The number of nitrogens with zero attached hydrogens (tertiary/aromatic N) is 4. The molecular formula is C32H18N8O2Zn+2. The van der Waals surface area contributed by atoms with E-state index in [9.17, 15) is 9.59 Å². The van der Waals surface area contributed by atoms with Gasteiger partial charge in [-0.1, -0.05) is 48.5 Å². The Morgan fingerprint density at radius 1 is 0.605 bits per heavy atom. The Morgan fingerprint density at radius 2 is 1.33 bits per heavy atom. The van der Waals surface area contributed by atoms with Crippen molar-refractivity contribution in [2.45, 2.75) is 0 Å². The molecule has 2 aliphatic carbocycles. The van der Waals surface area contributed by atoms with Crippen LogP contribution in [0.4, 0.5) is 17.5 Å². The molecule has 0 atom stereocenters. The van der Waals surface area contributed by atoms with Gasteiger partial charge in [0, 0.05) is 43.8 Å². The number of allylic oxidation sites excluding steroid dienone is 4. The van der Waals surface area contributed by atoms with Crippen molar-refractivity contribution in [1.82, 2.24) is 9.97 Å². The first-order valence-corrected chi connectivity index (χ1v) is 13.3. The fourth-order valence-electron chi connectivity index (χ4n) is 5.79. The van der Waals surface area contributed by atoms with Gasteiger partial charge in [-0.15, -0.1) is 0 Å². The van der Waals surface area contributed by atoms with E-state index in [-0.39, 0.29) is 31.0 Å². The zero-order chi connectivity index (χ0) is 27.9. The number of aromatic amines is 2. The van der Waals surface area contributed by atoms with Crippen LogP contribution >= 0.6 is 0 Å². The third kappa shape index (κ3) is 3.82. The molecule has 4 aromatic rings. The molecule has 4 N–H and O–H groups in total. The van der Waals surface area contributed by atoms with Gasteiger partial charge in [-0.3, -0.25) is 9.59 Å². The molecule has 43 heavy (non-hydrogen) atoms. The van der Waals surface area contributed by atoms with Gasteiger partial charge in [0.25, 0.3) is 0 Å². The predicted octanol–water partition coefficient (Wildman–Crippen LogP) is 3.55. The fraction of sp³-hybridized carbons (Fsp3) is 0. The van der Waals surface area contributed by atoms with Gasteiger partial charge < -0.3 is 20.6 Å². The molecule has 0 amide bonds. The second-order valence-corrected chi connectivity index (χ2v) is 10.2. The Kier molecular flexibility index (Phi) is 5.41. The smallest absolute Gasteiger partial charge is 0.327 e. The summed E-state index contributed by atoms with van der Waals surface area (Å²) >= 11 is 0. The normalized spacial score (nSPS) is 17.3. The number of anilines is 3. The Morgan fingerprint density at radius 3 is 2.16 bits per heavy atom. The number of amidine groups is 3. The summed E-state index contributed by atoms with van der Waals surface area (Å²) in [5.74, 6) is 3.71. The summed E-state index contributed by atoms with van der Waals surface area (Å²) in [4.78, 5) is 51.1. The largest absolute Gasteiger partial charge is 2.00 e. The number of rotatable bonds is 0. The summed E-state index contributed by atoms with van der Waals surface area (Å²) in [6, 6.07) is 15.9. The summed E-state index contributed by atoms with van der Waals surface area (Å²) in [6.45, 7) is 0. The van der Waals surface area contributed by atoms with Crippen LogP contribution in [0, 0.1) is 0 Å². The van der Waals surface area contributed by atoms with E-state index >= 15 is 0 Å². The Bertz CT molecular complexity index is 2340. The third-order valence-corrected chi connectivity index (χ3v) is 7.72. The SMILES string of the molecule is O=C1C=CC2=C3N=C(N=C4N=C(Nc5[nH]c(c6ccccc56)Nc5[nH]c(c6c5C=CC(=O)C=6)=N3)c3ccccc34)C2=C1.[Zn+2]. The molecule has 9 rings (SSSR count). The van der Waals surface area contributed by atoms with E-state index in [0.29, 0.717) is 51.0 Å². The zero-order valence-corrected chi connectivity index (χ0v) is 25.4. The van der Waals surface area contributed by atoms with Crippen LogP contribution in [0.25, 0.3) is 22.9 Å². The summed E-state index contributed by atoms with van der Waals surface area (Å²) in [5, 5.41) is 9.57. The molecule has 0 spiro atoms. The number of carbonyl (C=O) groups is 2. The van der Waals surface area contributed by atoms with E-state index in [1.165, 1.54) is 18.2 Å². The number of hydrogen-bond donors (Lipinski definition) is 4. The Labute approximate surface area is 255 Å². The van der Waals surface area contributed by atoms with Crippen molar-refractivity contribution in [2.75, 3.05) is 10.6 Å². The maximum absolute atomic E-state index is 12.4. The number of benzene rings is 2. The molecular weight excluding hydrogens is 594 g/mol. The summed E-state index contributed by atoms with van der Waals surface area (Å²) in [6.07, 6.45) is 9.56. The maximum atomic E-state index is 12.4. The van der Waals surface area contributed by atoms with Crippen molar-refractivity contribution in [3.63, 3.8) is 0 Å². The van der Waals surface area contributed by atoms with Gasteiger partial charge in [0.15, 0.2) is 29.1 Å². The number of carbonyl (C=O) groups excluding carboxylic acids is 2. The average Bonchev–Trinajstić information content (AvgIpc) is 3.72. The molecule has 8 bridgehead atoms. The first-order valence-electron chi connectivity index (χ1n) is 13.3. The van der Waals surface area contributed by atoms with Crippen LogP contribution in [0.3, 0.4) is 0 Å². The van der Waals surface area contributed by atoms with Crippen LogP contribution in [0.5, 0.6) is 0 Å². The average molecular weight is 612 g/mol. The number of aromatic nitrogens is 2. The first kappa shape index (κ1) is 25.2. The third-order valence-electron chi connectivity index (χ3n) is 7.72. The molecule has 10 nitrogen and oxygen atoms in total. The van der Waals surface area contributed by atoms with Gasteiger partial charge in [-0.25, -0.2) is 20.0 Å². The van der Waals surface area contributed by atoms with E-state index < -0.39 is 0 Å². The molecule has 0 fully saturated rings. The fourth-order valence-corrected chi connectivity index (χ4v) is 5.79. The van der Waals surface area contributed by atoms with Gasteiger partial charge in [0.1, 0.15) is 28.8 Å².